The number of hydrogen-bond acceptors (Lipinski definition) is 3. The van der Waals surface area contributed by atoms with Crippen LogP contribution in [0.5, 0.6) is 0 Å². The second kappa shape index (κ2) is 4.85. The molecule has 2 rings (SSSR count). The normalized spacial score (nSPS) is 15.6. The Labute approximate surface area is 106 Å². The summed E-state index contributed by atoms with van der Waals surface area (Å²) in [6.07, 6.45) is 0. The van der Waals surface area contributed by atoms with Gasteiger partial charge in [-0.3, -0.25) is 9.62 Å². The van der Waals surface area contributed by atoms with Gasteiger partial charge in [-0.1, -0.05) is 0 Å². The summed E-state index contributed by atoms with van der Waals surface area (Å²) in [4.78, 5) is 13.0. The Balaban J connectivity index is 2.13. The van der Waals surface area contributed by atoms with Crippen LogP contribution in [-0.4, -0.2) is 33.3 Å². The number of carbonyl (C=O) groups excluding carboxylic acids is 1. The van der Waals surface area contributed by atoms with E-state index in [4.69, 9.17) is 0 Å². The number of benzene rings is 1. The van der Waals surface area contributed by atoms with Crippen LogP contribution in [0.1, 0.15) is 6.92 Å². The average Bonchev–Trinajstić information content (AvgIpc) is 2.76. The molecule has 98 valence electrons. The van der Waals surface area contributed by atoms with Gasteiger partial charge < -0.3 is 5.32 Å². The van der Waals surface area contributed by atoms with Gasteiger partial charge in [0, 0.05) is 24.5 Å². The molecule has 1 aromatic rings. The minimum absolute atomic E-state index is 0.0310. The van der Waals surface area contributed by atoms with E-state index in [1.54, 1.807) is 36.1 Å². The van der Waals surface area contributed by atoms with Crippen molar-refractivity contribution in [2.45, 2.75) is 6.92 Å². The third-order valence-electron chi connectivity index (χ3n) is 2.69. The van der Waals surface area contributed by atoms with Crippen LogP contribution in [0.25, 0.3) is 0 Å². The number of sulfonamides is 1. The van der Waals surface area contributed by atoms with Crippen LogP contribution in [-0.2, 0) is 10.0 Å². The maximum absolute atomic E-state index is 11.4. The van der Waals surface area contributed by atoms with Gasteiger partial charge in [-0.2, -0.15) is 0 Å². The molecular weight excluding hydrogens is 254 g/mol. The van der Waals surface area contributed by atoms with Crippen molar-refractivity contribution < 1.29 is 13.2 Å². The Morgan fingerprint density at radius 1 is 1.33 bits per heavy atom. The molecule has 7 heteroatoms. The molecule has 18 heavy (non-hydrogen) atoms. The lowest BCUT2D eigenvalue weighted by molar-refractivity contribution is 0.252. The zero-order valence-electron chi connectivity index (χ0n) is 10.0. The summed E-state index contributed by atoms with van der Waals surface area (Å²) >= 11 is 0. The first kappa shape index (κ1) is 12.7. The SMILES string of the molecule is CCS(=O)(=O)Nc1ccc(N2CCNC2=O)cc1. The van der Waals surface area contributed by atoms with Gasteiger partial charge in [0.15, 0.2) is 0 Å². The second-order valence-electron chi connectivity index (χ2n) is 3.94. The highest BCUT2D eigenvalue weighted by molar-refractivity contribution is 7.92. The van der Waals surface area contributed by atoms with Crippen molar-refractivity contribution in [2.24, 2.45) is 0 Å². The molecule has 0 atom stereocenters. The van der Waals surface area contributed by atoms with Gasteiger partial charge in [-0.15, -0.1) is 0 Å². The van der Waals surface area contributed by atoms with Crippen LogP contribution < -0.4 is 14.9 Å². The number of carbonyl (C=O) groups is 1. The molecule has 0 bridgehead atoms. The van der Waals surface area contributed by atoms with Crippen LogP contribution >= 0.6 is 0 Å². The number of urea groups is 1. The third kappa shape index (κ3) is 2.73. The van der Waals surface area contributed by atoms with E-state index in [0.717, 1.165) is 5.69 Å². The molecule has 1 fully saturated rings. The van der Waals surface area contributed by atoms with E-state index < -0.39 is 10.0 Å². The maximum Gasteiger partial charge on any atom is 0.321 e. The van der Waals surface area contributed by atoms with Gasteiger partial charge in [-0.25, -0.2) is 13.2 Å². The molecule has 1 aromatic carbocycles. The first-order valence-corrected chi connectivity index (χ1v) is 7.33. The van der Waals surface area contributed by atoms with Crippen LogP contribution in [0.3, 0.4) is 0 Å². The van der Waals surface area contributed by atoms with E-state index in [9.17, 15) is 13.2 Å². The fraction of sp³-hybridized carbons (Fsp3) is 0.364. The summed E-state index contributed by atoms with van der Waals surface area (Å²) in [6.45, 7) is 2.83. The van der Waals surface area contributed by atoms with Crippen LogP contribution in [0, 0.1) is 0 Å². The summed E-state index contributed by atoms with van der Waals surface area (Å²) in [7, 11) is -3.26. The predicted molar refractivity (Wildman–Crippen MR) is 70.3 cm³/mol. The van der Waals surface area contributed by atoms with Gasteiger partial charge in [0.1, 0.15) is 0 Å². The highest BCUT2D eigenvalue weighted by Crippen LogP contribution is 2.20. The minimum atomic E-state index is -3.26. The first-order valence-electron chi connectivity index (χ1n) is 5.68. The van der Waals surface area contributed by atoms with Gasteiger partial charge in [0.05, 0.1) is 5.75 Å². The fourth-order valence-electron chi connectivity index (χ4n) is 1.68. The molecular formula is C11H15N3O3S. The largest absolute Gasteiger partial charge is 0.336 e. The summed E-state index contributed by atoms with van der Waals surface area (Å²) in [5.74, 6) is 0.0310. The van der Waals surface area contributed by atoms with Crippen LogP contribution in [0.4, 0.5) is 16.2 Å². The molecule has 1 heterocycles. The smallest absolute Gasteiger partial charge is 0.321 e. The highest BCUT2D eigenvalue weighted by atomic mass is 32.2. The van der Waals surface area contributed by atoms with Crippen molar-refractivity contribution in [3.63, 3.8) is 0 Å². The monoisotopic (exact) mass is 269 g/mol. The van der Waals surface area contributed by atoms with Gasteiger partial charge >= 0.3 is 6.03 Å². The molecule has 2 N–H and O–H groups in total. The zero-order valence-corrected chi connectivity index (χ0v) is 10.8. The van der Waals surface area contributed by atoms with E-state index in [2.05, 4.69) is 10.0 Å². The van der Waals surface area contributed by atoms with Crippen molar-refractivity contribution in [2.75, 3.05) is 28.5 Å². The predicted octanol–water partition coefficient (Wildman–Crippen LogP) is 0.978. The quantitative estimate of drug-likeness (QED) is 0.855. The number of anilines is 2. The number of amides is 2. The molecule has 1 aliphatic rings. The van der Waals surface area contributed by atoms with E-state index in [0.29, 0.717) is 18.8 Å². The van der Waals surface area contributed by atoms with E-state index >= 15 is 0 Å². The van der Waals surface area contributed by atoms with Crippen molar-refractivity contribution in [1.29, 1.82) is 0 Å². The molecule has 0 aromatic heterocycles. The van der Waals surface area contributed by atoms with Gasteiger partial charge in [0.25, 0.3) is 0 Å². The number of nitrogens with one attached hydrogen (secondary N) is 2. The Kier molecular flexibility index (Phi) is 3.42. The fourth-order valence-corrected chi connectivity index (χ4v) is 2.32. The topological polar surface area (TPSA) is 78.5 Å². The Bertz CT molecular complexity index is 539. The standard InChI is InChI=1S/C11H15N3O3S/c1-2-18(16,17)13-9-3-5-10(6-4-9)14-8-7-12-11(14)15/h3-6,13H,2,7-8H2,1H3,(H,12,15). The Hall–Kier alpha value is -1.76. The number of rotatable bonds is 4. The molecule has 1 aliphatic heterocycles. The summed E-state index contributed by atoms with van der Waals surface area (Å²) in [6, 6.07) is 6.61. The Morgan fingerprint density at radius 2 is 2.00 bits per heavy atom. The third-order valence-corrected chi connectivity index (χ3v) is 4.00. The lowest BCUT2D eigenvalue weighted by Gasteiger charge is -2.14. The van der Waals surface area contributed by atoms with Crippen molar-refractivity contribution in [1.82, 2.24) is 5.32 Å². The van der Waals surface area contributed by atoms with E-state index in [-0.39, 0.29) is 11.8 Å². The molecule has 2 amide bonds. The summed E-state index contributed by atoms with van der Waals surface area (Å²) in [5.41, 5.74) is 1.25. The lowest BCUT2D eigenvalue weighted by atomic mass is 10.2. The van der Waals surface area contributed by atoms with Crippen molar-refractivity contribution >= 4 is 27.4 Å². The zero-order chi connectivity index (χ0) is 13.2. The number of nitrogens with zero attached hydrogens (tertiary/aromatic N) is 1. The average molecular weight is 269 g/mol. The second-order valence-corrected chi connectivity index (χ2v) is 5.95. The van der Waals surface area contributed by atoms with Gasteiger partial charge in [-0.05, 0) is 31.2 Å². The molecule has 6 nitrogen and oxygen atoms in total. The molecule has 0 unspecified atom stereocenters. The molecule has 0 saturated carbocycles. The minimum Gasteiger partial charge on any atom is -0.336 e. The maximum atomic E-state index is 11.4. The van der Waals surface area contributed by atoms with Crippen LogP contribution in [0.15, 0.2) is 24.3 Å². The molecule has 0 radical (unpaired) electrons. The summed E-state index contributed by atoms with van der Waals surface area (Å²) < 4.78 is 25.2. The number of hydrogen-bond donors (Lipinski definition) is 2. The van der Waals surface area contributed by atoms with Crippen molar-refractivity contribution in [3.05, 3.63) is 24.3 Å². The van der Waals surface area contributed by atoms with Crippen LogP contribution in [0.2, 0.25) is 0 Å². The molecule has 0 aliphatic carbocycles. The molecule has 0 spiro atoms. The van der Waals surface area contributed by atoms with Gasteiger partial charge in [0.2, 0.25) is 10.0 Å². The molecule has 1 saturated heterocycles. The lowest BCUT2D eigenvalue weighted by Crippen LogP contribution is -2.27. The Morgan fingerprint density at radius 3 is 2.50 bits per heavy atom. The highest BCUT2D eigenvalue weighted by Gasteiger charge is 2.20. The van der Waals surface area contributed by atoms with E-state index in [1.165, 1.54) is 0 Å². The summed E-state index contributed by atoms with van der Waals surface area (Å²) in [5, 5.41) is 2.71. The van der Waals surface area contributed by atoms with E-state index in [1.807, 2.05) is 0 Å². The first-order chi connectivity index (χ1) is 8.52. The van der Waals surface area contributed by atoms with Crippen molar-refractivity contribution in [3.8, 4) is 0 Å².